The minimum Gasteiger partial charge on any atom is -0.376 e. The van der Waals surface area contributed by atoms with Gasteiger partial charge < -0.3 is 10.1 Å². The average molecular weight is 188 g/mol. The van der Waals surface area contributed by atoms with Crippen molar-refractivity contribution in [2.24, 2.45) is 0 Å². The number of morpholine rings is 1. The van der Waals surface area contributed by atoms with Gasteiger partial charge in [-0.15, -0.1) is 0 Å². The molecular weight excluding hydrogens is 166 g/mol. The van der Waals surface area contributed by atoms with Gasteiger partial charge in [-0.1, -0.05) is 19.8 Å². The third-order valence-electron chi connectivity index (χ3n) is 1.86. The summed E-state index contributed by atoms with van der Waals surface area (Å²) in [5.74, 6) is 0. The van der Waals surface area contributed by atoms with Gasteiger partial charge in [-0.3, -0.25) is 0 Å². The van der Waals surface area contributed by atoms with Crippen LogP contribution in [0.5, 0.6) is 0 Å². The molecule has 1 saturated heterocycles. The molecule has 1 aliphatic heterocycles. The molecule has 0 bridgehead atoms. The van der Waals surface area contributed by atoms with Crippen molar-refractivity contribution >= 4 is 0 Å². The van der Waals surface area contributed by atoms with Crippen LogP contribution in [0.4, 0.5) is 0 Å². The Morgan fingerprint density at radius 2 is 2.23 bits per heavy atom. The van der Waals surface area contributed by atoms with Crippen molar-refractivity contribution in [2.75, 3.05) is 26.3 Å². The molecule has 0 aliphatic carbocycles. The van der Waals surface area contributed by atoms with Crippen LogP contribution in [0.1, 0.15) is 33.1 Å². The zero-order valence-electron chi connectivity index (χ0n) is 8.84. The van der Waals surface area contributed by atoms with E-state index in [9.17, 15) is 5.11 Å². The van der Waals surface area contributed by atoms with Gasteiger partial charge in [0.2, 0.25) is 0 Å². The third-order valence-corrected chi connectivity index (χ3v) is 1.86. The Balaban J connectivity index is 0.000000226. The van der Waals surface area contributed by atoms with E-state index in [0.717, 1.165) is 39.0 Å². The highest BCUT2D eigenvalue weighted by atomic mass is 16.5. The molecule has 1 fully saturated rings. The lowest BCUT2D eigenvalue weighted by Crippen LogP contribution is -2.36. The maximum Gasteiger partial charge on any atom is 0.0822 e. The average Bonchev–Trinajstić information content (AvgIpc) is 2.17. The summed E-state index contributed by atoms with van der Waals surface area (Å²) in [6.45, 7) is 7.18. The lowest BCUT2D eigenvalue weighted by atomic mass is 10.3. The van der Waals surface area contributed by atoms with E-state index in [0.29, 0.717) is 6.10 Å². The molecule has 79 valence electrons. The maximum absolute atomic E-state index is 9.69. The first-order chi connectivity index (χ1) is 6.31. The number of nitrogens with one attached hydrogen (secondary N) is 1. The van der Waals surface area contributed by atoms with E-state index in [2.05, 4.69) is 19.2 Å². The first kappa shape index (κ1) is 12.9. The fourth-order valence-corrected chi connectivity index (χ4v) is 1.05. The largest absolute Gasteiger partial charge is 0.376 e. The number of ether oxygens (including phenoxy) is 1. The van der Waals surface area contributed by atoms with E-state index in [-0.39, 0.29) is 6.61 Å². The second-order valence-corrected chi connectivity index (χ2v) is 3.30. The van der Waals surface area contributed by atoms with Gasteiger partial charge in [-0.05, 0) is 13.3 Å². The topological polar surface area (TPSA) is 41.2 Å². The van der Waals surface area contributed by atoms with Crippen molar-refractivity contribution < 1.29 is 9.84 Å². The Morgan fingerprint density at radius 1 is 1.46 bits per heavy atom. The van der Waals surface area contributed by atoms with Crippen molar-refractivity contribution in [1.29, 1.82) is 0 Å². The fourth-order valence-electron chi connectivity index (χ4n) is 1.05. The first-order valence-electron chi connectivity index (χ1n) is 5.21. The van der Waals surface area contributed by atoms with E-state index < -0.39 is 0 Å². The molecule has 0 aromatic carbocycles. The number of rotatable bonds is 3. The van der Waals surface area contributed by atoms with Crippen LogP contribution in [-0.2, 0) is 9.84 Å². The van der Waals surface area contributed by atoms with Gasteiger partial charge in [0, 0.05) is 13.1 Å². The number of hydrogen-bond acceptors (Lipinski definition) is 2. The zero-order valence-corrected chi connectivity index (χ0v) is 8.84. The van der Waals surface area contributed by atoms with Crippen molar-refractivity contribution in [2.45, 2.75) is 39.2 Å². The van der Waals surface area contributed by atoms with Crippen molar-refractivity contribution in [3.63, 3.8) is 0 Å². The van der Waals surface area contributed by atoms with Gasteiger partial charge in [0.15, 0.2) is 0 Å². The standard InChI is InChI=1S/C5H11NO.C5H11O/c1-5-4-6-2-3-7-5;1-2-3-4-5-6/h5-6H,2-4H2,1H3;2-5H2,1H3. The highest BCUT2D eigenvalue weighted by Gasteiger charge is 2.04. The highest BCUT2D eigenvalue weighted by molar-refractivity contribution is 4.59. The lowest BCUT2D eigenvalue weighted by Gasteiger charge is -2.18. The van der Waals surface area contributed by atoms with Crippen LogP contribution >= 0.6 is 0 Å². The van der Waals surface area contributed by atoms with Crippen LogP contribution in [0, 0.1) is 0 Å². The molecule has 1 radical (unpaired) electrons. The fraction of sp³-hybridized carbons (Fsp3) is 1.00. The van der Waals surface area contributed by atoms with E-state index >= 15 is 0 Å². The molecule has 3 nitrogen and oxygen atoms in total. The van der Waals surface area contributed by atoms with Gasteiger partial charge >= 0.3 is 0 Å². The molecule has 0 saturated carbocycles. The molecule has 13 heavy (non-hydrogen) atoms. The molecule has 0 aromatic heterocycles. The molecule has 1 N–H and O–H groups in total. The van der Waals surface area contributed by atoms with Gasteiger partial charge in [-0.2, -0.15) is 0 Å². The molecule has 3 heteroatoms. The Labute approximate surface area is 81.5 Å². The van der Waals surface area contributed by atoms with E-state index in [4.69, 9.17) is 4.74 Å². The second-order valence-electron chi connectivity index (χ2n) is 3.30. The summed E-state index contributed by atoms with van der Waals surface area (Å²) in [5, 5.41) is 12.9. The Bertz CT molecular complexity index is 88.9. The Kier molecular flexibility index (Phi) is 9.87. The summed E-state index contributed by atoms with van der Waals surface area (Å²) in [6, 6.07) is 0. The van der Waals surface area contributed by atoms with Gasteiger partial charge in [-0.25, -0.2) is 5.11 Å². The molecule has 0 aromatic rings. The minimum atomic E-state index is 0.105. The van der Waals surface area contributed by atoms with Crippen molar-refractivity contribution in [3.05, 3.63) is 0 Å². The maximum atomic E-state index is 9.69. The van der Waals surface area contributed by atoms with Crippen LogP contribution in [0.2, 0.25) is 0 Å². The summed E-state index contributed by atoms with van der Waals surface area (Å²) in [7, 11) is 0. The van der Waals surface area contributed by atoms with Crippen LogP contribution in [0.25, 0.3) is 0 Å². The molecule has 1 aliphatic rings. The minimum absolute atomic E-state index is 0.105. The zero-order chi connectivity index (χ0) is 9.94. The SMILES string of the molecule is CC1CNCCO1.CCCCC[O]. The van der Waals surface area contributed by atoms with Crippen LogP contribution < -0.4 is 5.32 Å². The third kappa shape index (κ3) is 9.80. The van der Waals surface area contributed by atoms with Gasteiger partial charge in [0.25, 0.3) is 0 Å². The molecule has 0 spiro atoms. The molecule has 1 atom stereocenters. The molecular formula is C10H22NO2. The van der Waals surface area contributed by atoms with Gasteiger partial charge in [0.1, 0.15) is 0 Å². The van der Waals surface area contributed by atoms with Crippen LogP contribution in [-0.4, -0.2) is 32.4 Å². The van der Waals surface area contributed by atoms with Crippen molar-refractivity contribution in [3.8, 4) is 0 Å². The molecule has 1 unspecified atom stereocenters. The molecule has 0 amide bonds. The summed E-state index contributed by atoms with van der Waals surface area (Å²) < 4.78 is 5.22. The summed E-state index contributed by atoms with van der Waals surface area (Å²) in [6.07, 6.45) is 3.54. The lowest BCUT2D eigenvalue weighted by molar-refractivity contribution is 0.0410. The van der Waals surface area contributed by atoms with Crippen molar-refractivity contribution in [1.82, 2.24) is 5.32 Å². The normalized spacial score (nSPS) is 21.9. The predicted molar refractivity (Wildman–Crippen MR) is 53.4 cm³/mol. The van der Waals surface area contributed by atoms with Gasteiger partial charge in [0.05, 0.1) is 19.3 Å². The predicted octanol–water partition coefficient (Wildman–Crippen LogP) is 1.60. The molecule has 1 heterocycles. The molecule has 1 rings (SSSR count). The van der Waals surface area contributed by atoms with Crippen LogP contribution in [0.3, 0.4) is 0 Å². The van der Waals surface area contributed by atoms with E-state index in [1.807, 2.05) is 0 Å². The smallest absolute Gasteiger partial charge is 0.0822 e. The second kappa shape index (κ2) is 9.96. The monoisotopic (exact) mass is 188 g/mol. The number of unbranched alkanes of at least 4 members (excludes halogenated alkanes) is 2. The summed E-state index contributed by atoms with van der Waals surface area (Å²) >= 11 is 0. The highest BCUT2D eigenvalue weighted by Crippen LogP contribution is 1.91. The quantitative estimate of drug-likeness (QED) is 0.683. The Morgan fingerprint density at radius 3 is 2.46 bits per heavy atom. The van der Waals surface area contributed by atoms with E-state index in [1.165, 1.54) is 0 Å². The summed E-state index contributed by atoms with van der Waals surface area (Å²) in [5.41, 5.74) is 0. The van der Waals surface area contributed by atoms with Crippen LogP contribution in [0.15, 0.2) is 0 Å². The number of hydrogen-bond donors (Lipinski definition) is 1. The summed E-state index contributed by atoms with van der Waals surface area (Å²) in [4.78, 5) is 0. The van der Waals surface area contributed by atoms with E-state index in [1.54, 1.807) is 0 Å². The first-order valence-corrected chi connectivity index (χ1v) is 5.21. The Hall–Kier alpha value is -0.120.